The Balaban J connectivity index is 1.85. The maximum absolute atomic E-state index is 14.1. The third-order valence-electron chi connectivity index (χ3n) is 7.50. The molecule has 0 spiro atoms. The van der Waals surface area contributed by atoms with E-state index in [0.717, 1.165) is 28.2 Å². The fourth-order valence-corrected chi connectivity index (χ4v) is 5.49. The van der Waals surface area contributed by atoms with Crippen molar-refractivity contribution in [2.75, 3.05) is 0 Å². The molecule has 43 heavy (non-hydrogen) atoms. The predicted molar refractivity (Wildman–Crippen MR) is 162 cm³/mol. The van der Waals surface area contributed by atoms with Gasteiger partial charge in [-0.25, -0.2) is 4.39 Å². The van der Waals surface area contributed by atoms with E-state index in [1.54, 1.807) is 16.8 Å². The minimum atomic E-state index is -1.18. The standard InChI is InChI=1S/C33H39FN4O5/c1-20(2)38-28(15-14-26(39)17-27(40)18-29(41)42)30(23-10-12-24(34)13-11-23)31(22-8-6-5-7-9-22)32(38)33(43)35-19-25-16-21(3)37(4)36-25/h5-13,16,20,26-27,39-40H,14-15,17-19H2,1-4H3,(H,35,43)(H,41,42)/t26-,27-/m1/s1. The first kappa shape index (κ1) is 31.7. The Kier molecular flexibility index (Phi) is 10.2. The molecule has 2 atom stereocenters. The van der Waals surface area contributed by atoms with Crippen LogP contribution in [-0.2, 0) is 24.8 Å². The number of benzene rings is 2. The van der Waals surface area contributed by atoms with Crippen molar-refractivity contribution in [2.45, 2.75) is 71.2 Å². The Bertz CT molecular complexity index is 1540. The first-order valence-electron chi connectivity index (χ1n) is 14.4. The van der Waals surface area contributed by atoms with Gasteiger partial charge in [-0.3, -0.25) is 14.3 Å². The van der Waals surface area contributed by atoms with E-state index >= 15 is 0 Å². The van der Waals surface area contributed by atoms with Crippen molar-refractivity contribution in [3.63, 3.8) is 0 Å². The zero-order chi connectivity index (χ0) is 31.3. The number of carbonyl (C=O) groups excluding carboxylic acids is 1. The molecule has 9 nitrogen and oxygen atoms in total. The van der Waals surface area contributed by atoms with Gasteiger partial charge < -0.3 is 25.2 Å². The number of nitrogens with one attached hydrogen (secondary N) is 1. The summed E-state index contributed by atoms with van der Waals surface area (Å²) >= 11 is 0. The molecule has 0 radical (unpaired) electrons. The van der Waals surface area contributed by atoms with Gasteiger partial charge in [0.25, 0.3) is 5.91 Å². The van der Waals surface area contributed by atoms with Crippen LogP contribution >= 0.6 is 0 Å². The summed E-state index contributed by atoms with van der Waals surface area (Å²) in [6.45, 7) is 6.10. The first-order chi connectivity index (χ1) is 20.5. The van der Waals surface area contributed by atoms with E-state index in [-0.39, 0.29) is 37.2 Å². The third kappa shape index (κ3) is 7.57. The molecule has 228 valence electrons. The van der Waals surface area contributed by atoms with Crippen LogP contribution in [0.2, 0.25) is 0 Å². The molecule has 4 aromatic rings. The lowest BCUT2D eigenvalue weighted by atomic mass is 9.92. The molecule has 0 aliphatic carbocycles. The van der Waals surface area contributed by atoms with Gasteiger partial charge in [0.15, 0.2) is 0 Å². The second kappa shape index (κ2) is 13.8. The molecule has 4 N–H and O–H groups in total. The summed E-state index contributed by atoms with van der Waals surface area (Å²) in [4.78, 5) is 25.1. The number of carbonyl (C=O) groups is 2. The highest BCUT2D eigenvalue weighted by Crippen LogP contribution is 2.42. The Morgan fingerprint density at radius 2 is 1.63 bits per heavy atom. The molecule has 1 amide bonds. The number of amides is 1. The first-order valence-corrected chi connectivity index (χ1v) is 14.4. The molecule has 0 fully saturated rings. The summed E-state index contributed by atoms with van der Waals surface area (Å²) in [5.74, 6) is -1.83. The number of aliphatic hydroxyl groups excluding tert-OH is 2. The van der Waals surface area contributed by atoms with Crippen LogP contribution in [0.4, 0.5) is 4.39 Å². The van der Waals surface area contributed by atoms with Crippen LogP contribution in [0.25, 0.3) is 22.3 Å². The van der Waals surface area contributed by atoms with E-state index in [9.17, 15) is 24.2 Å². The Morgan fingerprint density at radius 1 is 0.977 bits per heavy atom. The van der Waals surface area contributed by atoms with Crippen molar-refractivity contribution in [3.05, 3.63) is 89.3 Å². The third-order valence-corrected chi connectivity index (χ3v) is 7.50. The van der Waals surface area contributed by atoms with Crippen molar-refractivity contribution >= 4 is 11.9 Å². The maximum atomic E-state index is 14.1. The van der Waals surface area contributed by atoms with Gasteiger partial charge >= 0.3 is 5.97 Å². The fraction of sp³-hybridized carbons (Fsp3) is 0.364. The molecule has 0 aliphatic heterocycles. The summed E-state index contributed by atoms with van der Waals surface area (Å²) in [6, 6.07) is 17.4. The van der Waals surface area contributed by atoms with Crippen LogP contribution in [-0.4, -0.2) is 53.8 Å². The summed E-state index contributed by atoms with van der Waals surface area (Å²) in [5.41, 5.74) is 5.84. The van der Waals surface area contributed by atoms with Gasteiger partial charge in [0.05, 0.1) is 30.9 Å². The zero-order valence-electron chi connectivity index (χ0n) is 24.9. The predicted octanol–water partition coefficient (Wildman–Crippen LogP) is 5.03. The zero-order valence-corrected chi connectivity index (χ0v) is 24.9. The smallest absolute Gasteiger partial charge is 0.305 e. The van der Waals surface area contributed by atoms with Gasteiger partial charge in [0.2, 0.25) is 0 Å². The largest absolute Gasteiger partial charge is 0.481 e. The van der Waals surface area contributed by atoms with E-state index < -0.39 is 24.6 Å². The van der Waals surface area contributed by atoms with E-state index in [2.05, 4.69) is 10.4 Å². The Labute approximate surface area is 250 Å². The van der Waals surface area contributed by atoms with Crippen LogP contribution in [0.3, 0.4) is 0 Å². The molecule has 0 aliphatic rings. The van der Waals surface area contributed by atoms with Gasteiger partial charge in [0.1, 0.15) is 11.5 Å². The average molecular weight is 591 g/mol. The molecular weight excluding hydrogens is 551 g/mol. The lowest BCUT2D eigenvalue weighted by Crippen LogP contribution is -2.27. The number of halogens is 1. The van der Waals surface area contributed by atoms with Gasteiger partial charge in [-0.05, 0) is 69.4 Å². The Morgan fingerprint density at radius 3 is 2.21 bits per heavy atom. The summed E-state index contributed by atoms with van der Waals surface area (Å²) in [5, 5.41) is 37.3. The molecule has 2 aromatic carbocycles. The van der Waals surface area contributed by atoms with E-state index in [0.29, 0.717) is 23.2 Å². The summed E-state index contributed by atoms with van der Waals surface area (Å²) in [7, 11) is 1.84. The van der Waals surface area contributed by atoms with Crippen LogP contribution in [0.5, 0.6) is 0 Å². The van der Waals surface area contributed by atoms with Crippen molar-refractivity contribution in [1.82, 2.24) is 19.7 Å². The highest BCUT2D eigenvalue weighted by Gasteiger charge is 2.30. The number of aromatic nitrogens is 3. The van der Waals surface area contributed by atoms with Crippen LogP contribution in [0.1, 0.15) is 66.7 Å². The minimum absolute atomic E-state index is 0.0943. The molecule has 0 saturated heterocycles. The molecule has 0 bridgehead atoms. The molecule has 4 rings (SSSR count). The molecular formula is C33H39FN4O5. The normalized spacial score (nSPS) is 12.8. The van der Waals surface area contributed by atoms with Crippen LogP contribution in [0, 0.1) is 12.7 Å². The van der Waals surface area contributed by atoms with Crippen molar-refractivity contribution in [3.8, 4) is 22.3 Å². The molecule has 0 unspecified atom stereocenters. The SMILES string of the molecule is Cc1cc(CNC(=O)c2c(-c3ccccc3)c(-c3ccc(F)cc3)c(CC[C@@H](O)C[C@@H](O)CC(=O)O)n2C(C)C)nn1C. The number of hydrogen-bond acceptors (Lipinski definition) is 5. The maximum Gasteiger partial charge on any atom is 0.305 e. The second-order valence-electron chi connectivity index (χ2n) is 11.1. The number of nitrogens with zero attached hydrogens (tertiary/aromatic N) is 3. The van der Waals surface area contributed by atoms with Crippen molar-refractivity contribution < 1.29 is 29.3 Å². The highest BCUT2D eigenvalue weighted by molar-refractivity contribution is 6.05. The van der Waals surface area contributed by atoms with Crippen LogP contribution in [0.15, 0.2) is 60.7 Å². The molecule has 2 heterocycles. The van der Waals surface area contributed by atoms with Gasteiger partial charge in [-0.1, -0.05) is 42.5 Å². The van der Waals surface area contributed by atoms with Crippen molar-refractivity contribution in [1.29, 1.82) is 0 Å². The van der Waals surface area contributed by atoms with E-state index in [1.165, 1.54) is 12.1 Å². The number of hydrogen-bond donors (Lipinski definition) is 4. The van der Waals surface area contributed by atoms with Gasteiger partial charge in [-0.15, -0.1) is 0 Å². The summed E-state index contributed by atoms with van der Waals surface area (Å²) in [6.07, 6.45) is -2.18. The van der Waals surface area contributed by atoms with Gasteiger partial charge in [0, 0.05) is 35.6 Å². The monoisotopic (exact) mass is 590 g/mol. The summed E-state index contributed by atoms with van der Waals surface area (Å²) < 4.78 is 17.8. The lowest BCUT2D eigenvalue weighted by Gasteiger charge is -2.20. The van der Waals surface area contributed by atoms with Gasteiger partial charge in [-0.2, -0.15) is 5.10 Å². The highest BCUT2D eigenvalue weighted by atomic mass is 19.1. The molecule has 2 aromatic heterocycles. The second-order valence-corrected chi connectivity index (χ2v) is 11.1. The number of aliphatic hydroxyl groups is 2. The van der Waals surface area contributed by atoms with Crippen molar-refractivity contribution in [2.24, 2.45) is 7.05 Å². The number of aryl methyl sites for hydroxylation is 2. The number of rotatable bonds is 13. The van der Waals surface area contributed by atoms with E-state index in [1.807, 2.05) is 68.8 Å². The number of carboxylic acid groups (broad SMARTS) is 1. The fourth-order valence-electron chi connectivity index (χ4n) is 5.49. The van der Waals surface area contributed by atoms with Crippen LogP contribution < -0.4 is 5.32 Å². The lowest BCUT2D eigenvalue weighted by molar-refractivity contribution is -0.139. The molecule has 0 saturated carbocycles. The topological polar surface area (TPSA) is 130 Å². The minimum Gasteiger partial charge on any atom is -0.481 e. The Hall–Kier alpha value is -4.28. The quantitative estimate of drug-likeness (QED) is 0.173. The molecule has 10 heteroatoms. The number of aliphatic carboxylic acids is 1. The number of carboxylic acids is 1. The van der Waals surface area contributed by atoms with E-state index in [4.69, 9.17) is 5.11 Å². The average Bonchev–Trinajstić information content (AvgIpc) is 3.47.